The van der Waals surface area contributed by atoms with Crippen molar-refractivity contribution >= 4 is 23.7 Å². The normalized spacial score (nSPS) is 14.6. The molecule has 1 saturated heterocycles. The maximum absolute atomic E-state index is 12.4. The molecule has 0 spiro atoms. The van der Waals surface area contributed by atoms with Gasteiger partial charge in [-0.25, -0.2) is 0 Å². The lowest BCUT2D eigenvalue weighted by atomic mass is 9.96. The maximum Gasteiger partial charge on any atom is 0.263 e. The number of ether oxygens (including phenoxy) is 1. The Morgan fingerprint density at radius 3 is 2.45 bits per heavy atom. The highest BCUT2D eigenvalue weighted by molar-refractivity contribution is 5.92. The molecule has 7 heteroatoms. The highest BCUT2D eigenvalue weighted by Crippen LogP contribution is 2.19. The topological polar surface area (TPSA) is 80.2 Å². The van der Waals surface area contributed by atoms with Gasteiger partial charge in [-0.3, -0.25) is 9.59 Å². The van der Waals surface area contributed by atoms with E-state index in [1.165, 1.54) is 0 Å². The predicted octanol–water partition coefficient (Wildman–Crippen LogP) is 2.92. The van der Waals surface area contributed by atoms with E-state index in [0.29, 0.717) is 25.9 Å². The number of piperidine rings is 1. The summed E-state index contributed by atoms with van der Waals surface area (Å²) in [7, 11) is 1.61. The Morgan fingerprint density at radius 1 is 1.10 bits per heavy atom. The number of carbonyl (C=O) groups excluding carboxylic acids is 2. The minimum absolute atomic E-state index is 0.00337. The molecule has 0 bridgehead atoms. The van der Waals surface area contributed by atoms with Crippen LogP contribution in [0.4, 0.5) is 5.69 Å². The molecule has 1 fully saturated rings. The van der Waals surface area contributed by atoms with Crippen LogP contribution in [0.3, 0.4) is 0 Å². The molecule has 29 heavy (non-hydrogen) atoms. The van der Waals surface area contributed by atoms with Crippen molar-refractivity contribution in [1.82, 2.24) is 4.90 Å². The molecule has 1 N–H and O–H groups in total. The molecule has 0 aliphatic carbocycles. The van der Waals surface area contributed by atoms with Gasteiger partial charge in [0.1, 0.15) is 5.75 Å². The van der Waals surface area contributed by atoms with Crippen molar-refractivity contribution in [3.63, 3.8) is 0 Å². The Kier molecular flexibility index (Phi) is 7.22. The molecule has 2 aromatic carbocycles. The van der Waals surface area contributed by atoms with Crippen LogP contribution in [0.1, 0.15) is 18.4 Å². The molecule has 1 heterocycles. The van der Waals surface area contributed by atoms with Crippen molar-refractivity contribution in [3.05, 3.63) is 60.2 Å². The highest BCUT2D eigenvalue weighted by atomic mass is 16.6. The Labute approximate surface area is 170 Å². The number of amides is 2. The second-order valence-electron chi connectivity index (χ2n) is 6.79. The Bertz CT molecular complexity index is 829. The molecule has 0 aromatic heterocycles. The highest BCUT2D eigenvalue weighted by Gasteiger charge is 2.27. The van der Waals surface area contributed by atoms with Crippen molar-refractivity contribution < 1.29 is 19.2 Å². The van der Waals surface area contributed by atoms with Crippen LogP contribution in [0.15, 0.2) is 59.8 Å². The second kappa shape index (κ2) is 10.3. The third-order valence-corrected chi connectivity index (χ3v) is 4.84. The molecule has 0 saturated carbocycles. The molecule has 2 aromatic rings. The fourth-order valence-electron chi connectivity index (χ4n) is 3.13. The van der Waals surface area contributed by atoms with E-state index in [4.69, 9.17) is 9.57 Å². The predicted molar refractivity (Wildman–Crippen MR) is 111 cm³/mol. The molecule has 1 aliphatic heterocycles. The molecule has 0 radical (unpaired) electrons. The Hall–Kier alpha value is -3.35. The number of carbonyl (C=O) groups is 2. The number of rotatable bonds is 7. The molecule has 0 unspecified atom stereocenters. The van der Waals surface area contributed by atoms with E-state index in [1.807, 2.05) is 54.6 Å². The van der Waals surface area contributed by atoms with E-state index in [0.717, 1.165) is 17.0 Å². The zero-order valence-corrected chi connectivity index (χ0v) is 16.4. The lowest BCUT2D eigenvalue weighted by Gasteiger charge is -2.31. The van der Waals surface area contributed by atoms with E-state index in [2.05, 4.69) is 10.5 Å². The number of hydrogen-bond acceptors (Lipinski definition) is 5. The number of benzene rings is 2. The van der Waals surface area contributed by atoms with Crippen LogP contribution in [0.25, 0.3) is 0 Å². The molecular formula is C22H25N3O4. The maximum atomic E-state index is 12.4. The molecule has 1 aliphatic rings. The van der Waals surface area contributed by atoms with Crippen LogP contribution < -0.4 is 10.1 Å². The van der Waals surface area contributed by atoms with Gasteiger partial charge in [0.25, 0.3) is 5.91 Å². The first-order valence-electron chi connectivity index (χ1n) is 9.59. The van der Waals surface area contributed by atoms with Crippen molar-refractivity contribution in [1.29, 1.82) is 0 Å². The average Bonchev–Trinajstić information content (AvgIpc) is 2.77. The molecule has 2 amide bonds. The lowest BCUT2D eigenvalue weighted by Crippen LogP contribution is -2.42. The van der Waals surface area contributed by atoms with Crippen molar-refractivity contribution in [3.8, 4) is 5.75 Å². The monoisotopic (exact) mass is 395 g/mol. The first-order valence-corrected chi connectivity index (χ1v) is 9.59. The number of likely N-dealkylation sites (tertiary alicyclic amines) is 1. The average molecular weight is 395 g/mol. The first-order chi connectivity index (χ1) is 14.2. The third kappa shape index (κ3) is 6.07. The first kappa shape index (κ1) is 20.4. The summed E-state index contributed by atoms with van der Waals surface area (Å²) in [6.45, 7) is 0.960. The lowest BCUT2D eigenvalue weighted by molar-refractivity contribution is -0.138. The number of nitrogens with zero attached hydrogens (tertiary/aromatic N) is 2. The molecule has 7 nitrogen and oxygen atoms in total. The van der Waals surface area contributed by atoms with Crippen LogP contribution in [-0.2, 0) is 14.4 Å². The summed E-state index contributed by atoms with van der Waals surface area (Å²) in [5.74, 6) is 0.551. The quantitative estimate of drug-likeness (QED) is 0.577. The summed E-state index contributed by atoms with van der Waals surface area (Å²) in [5.41, 5.74) is 1.64. The van der Waals surface area contributed by atoms with Gasteiger partial charge >= 0.3 is 0 Å². The van der Waals surface area contributed by atoms with Gasteiger partial charge in [0.05, 0.1) is 13.3 Å². The molecule has 152 valence electrons. The van der Waals surface area contributed by atoms with E-state index < -0.39 is 0 Å². The summed E-state index contributed by atoms with van der Waals surface area (Å²) < 4.78 is 5.09. The van der Waals surface area contributed by atoms with Crippen LogP contribution >= 0.6 is 0 Å². The van der Waals surface area contributed by atoms with E-state index >= 15 is 0 Å². The number of methoxy groups -OCH3 is 1. The Morgan fingerprint density at radius 2 is 1.79 bits per heavy atom. The van der Waals surface area contributed by atoms with Crippen LogP contribution in [0.2, 0.25) is 0 Å². The van der Waals surface area contributed by atoms with Crippen molar-refractivity contribution in [2.24, 2.45) is 11.1 Å². The van der Waals surface area contributed by atoms with Crippen molar-refractivity contribution in [2.75, 3.05) is 32.1 Å². The third-order valence-electron chi connectivity index (χ3n) is 4.84. The molecule has 3 rings (SSSR count). The molecule has 0 atom stereocenters. The number of hydrogen-bond donors (Lipinski definition) is 1. The van der Waals surface area contributed by atoms with E-state index in [-0.39, 0.29) is 24.3 Å². The summed E-state index contributed by atoms with van der Waals surface area (Å²) in [6, 6.07) is 16.7. The second-order valence-corrected chi connectivity index (χ2v) is 6.79. The standard InChI is InChI=1S/C22H25N3O4/c1-28-20-9-7-17(8-10-20)15-23-29-16-21(26)25-13-11-18(12-14-25)22(27)24-19-5-3-2-4-6-19/h2-10,15,18H,11-14,16H2,1H3,(H,24,27)/b23-15+. The number of oxime groups is 1. The SMILES string of the molecule is COc1ccc(/C=N/OCC(=O)N2CCC(C(=O)Nc3ccccc3)CC2)cc1. The smallest absolute Gasteiger partial charge is 0.263 e. The van der Waals surface area contributed by atoms with Crippen molar-refractivity contribution in [2.45, 2.75) is 12.8 Å². The largest absolute Gasteiger partial charge is 0.497 e. The fraction of sp³-hybridized carbons (Fsp3) is 0.318. The molecular weight excluding hydrogens is 370 g/mol. The van der Waals surface area contributed by atoms with Gasteiger partial charge in [0.2, 0.25) is 5.91 Å². The minimum atomic E-state index is -0.126. The minimum Gasteiger partial charge on any atom is -0.497 e. The number of anilines is 1. The van der Waals surface area contributed by atoms with Gasteiger partial charge < -0.3 is 19.8 Å². The van der Waals surface area contributed by atoms with Gasteiger partial charge in [-0.05, 0) is 54.8 Å². The summed E-state index contributed by atoms with van der Waals surface area (Å²) >= 11 is 0. The summed E-state index contributed by atoms with van der Waals surface area (Å²) in [6.07, 6.45) is 2.83. The van der Waals surface area contributed by atoms with Crippen LogP contribution in [0, 0.1) is 5.92 Å². The van der Waals surface area contributed by atoms with Gasteiger partial charge in [-0.2, -0.15) is 0 Å². The Balaban J connectivity index is 1.38. The zero-order chi connectivity index (χ0) is 20.5. The van der Waals surface area contributed by atoms with Crippen LogP contribution in [-0.4, -0.2) is 49.7 Å². The fourth-order valence-corrected chi connectivity index (χ4v) is 3.13. The van der Waals surface area contributed by atoms with Gasteiger partial charge in [-0.1, -0.05) is 23.4 Å². The van der Waals surface area contributed by atoms with E-state index in [9.17, 15) is 9.59 Å². The zero-order valence-electron chi connectivity index (χ0n) is 16.4. The van der Waals surface area contributed by atoms with Gasteiger partial charge in [-0.15, -0.1) is 0 Å². The van der Waals surface area contributed by atoms with Crippen LogP contribution in [0.5, 0.6) is 5.75 Å². The van der Waals surface area contributed by atoms with Gasteiger partial charge in [0.15, 0.2) is 6.61 Å². The van der Waals surface area contributed by atoms with Gasteiger partial charge in [0, 0.05) is 24.7 Å². The number of nitrogens with one attached hydrogen (secondary N) is 1. The number of para-hydroxylation sites is 1. The summed E-state index contributed by atoms with van der Waals surface area (Å²) in [4.78, 5) is 31.5. The van der Waals surface area contributed by atoms with E-state index in [1.54, 1.807) is 18.2 Å². The summed E-state index contributed by atoms with van der Waals surface area (Å²) in [5, 5.41) is 6.77.